The lowest BCUT2D eigenvalue weighted by atomic mass is 10.3. The largest absolute Gasteiger partial charge is 0.270 e. The fraction of sp³-hybridized carbons (Fsp3) is 0. The summed E-state index contributed by atoms with van der Waals surface area (Å²) in [5.41, 5.74) is 0.455. The molecule has 0 atom stereocenters. The Balaban J connectivity index is 2.98. The zero-order chi connectivity index (χ0) is 8.39. The quantitative estimate of drug-likeness (QED) is 0.574. The zero-order valence-electron chi connectivity index (χ0n) is 6.27. The minimum atomic E-state index is -0.226. The zero-order valence-corrected chi connectivity index (χ0v) is 6.27. The Hall–Kier alpha value is -1.77. The van der Waals surface area contributed by atoms with Crippen LogP contribution in [0.1, 0.15) is 0 Å². The summed E-state index contributed by atoms with van der Waals surface area (Å²) in [4.78, 5) is 18.7. The summed E-state index contributed by atoms with van der Waals surface area (Å²) in [6.07, 6.45) is 3.30. The molecule has 2 rings (SSSR count). The molecule has 0 fully saturated rings. The average Bonchev–Trinajstić information content (AvgIpc) is 2.25. The van der Waals surface area contributed by atoms with Gasteiger partial charge in [-0.1, -0.05) is 12.1 Å². The van der Waals surface area contributed by atoms with Gasteiger partial charge in [0, 0.05) is 23.8 Å². The lowest BCUT2D eigenvalue weighted by Crippen LogP contribution is -1.97. The van der Waals surface area contributed by atoms with Crippen molar-refractivity contribution in [3.8, 4) is 0 Å². The summed E-state index contributed by atoms with van der Waals surface area (Å²) >= 11 is 0. The van der Waals surface area contributed by atoms with E-state index in [2.05, 4.69) is 9.97 Å². The molecule has 0 aliphatic rings. The molecular weight excluding hydrogens is 152 g/mol. The highest BCUT2D eigenvalue weighted by molar-refractivity contribution is 5.76. The van der Waals surface area contributed by atoms with Crippen molar-refractivity contribution in [2.75, 3.05) is 0 Å². The standard InChI is InChI=1S/C9H6N2O/c12-9-3-1-2-7-6-10-5-4-8(7)11-9/h1-6H. The summed E-state index contributed by atoms with van der Waals surface area (Å²) in [6.45, 7) is 0. The average molecular weight is 158 g/mol. The van der Waals surface area contributed by atoms with Crippen LogP contribution in [0, 0.1) is 0 Å². The number of pyridine rings is 1. The highest BCUT2D eigenvalue weighted by Crippen LogP contribution is 2.03. The summed E-state index contributed by atoms with van der Waals surface area (Å²) in [5.74, 6) is 0. The molecule has 0 saturated carbocycles. The highest BCUT2D eigenvalue weighted by atomic mass is 16.1. The first-order chi connectivity index (χ1) is 5.86. The maximum Gasteiger partial charge on any atom is 0.270 e. The molecule has 0 bridgehead atoms. The molecule has 12 heavy (non-hydrogen) atoms. The molecule has 58 valence electrons. The SMILES string of the molecule is O=c1cccc2cnccc2n1. The number of hydrogen-bond donors (Lipinski definition) is 0. The van der Waals surface area contributed by atoms with Gasteiger partial charge >= 0.3 is 0 Å². The van der Waals surface area contributed by atoms with E-state index in [-0.39, 0.29) is 5.56 Å². The van der Waals surface area contributed by atoms with Crippen molar-refractivity contribution in [1.82, 2.24) is 9.97 Å². The van der Waals surface area contributed by atoms with Gasteiger partial charge in [0.05, 0.1) is 5.52 Å². The third-order valence-electron chi connectivity index (χ3n) is 1.57. The van der Waals surface area contributed by atoms with E-state index in [0.717, 1.165) is 5.39 Å². The van der Waals surface area contributed by atoms with Crippen LogP contribution in [0.15, 0.2) is 41.5 Å². The van der Waals surface area contributed by atoms with Crippen molar-refractivity contribution in [2.24, 2.45) is 0 Å². The third-order valence-corrected chi connectivity index (χ3v) is 1.57. The second kappa shape index (κ2) is 2.70. The normalized spacial score (nSPS) is 10.0. The first kappa shape index (κ1) is 6.91. The van der Waals surface area contributed by atoms with E-state index >= 15 is 0 Å². The van der Waals surface area contributed by atoms with Gasteiger partial charge in [0.25, 0.3) is 5.56 Å². The van der Waals surface area contributed by atoms with Crippen molar-refractivity contribution in [1.29, 1.82) is 0 Å². The first-order valence-electron chi connectivity index (χ1n) is 3.57. The smallest absolute Gasteiger partial charge is 0.267 e. The molecule has 2 aromatic heterocycles. The predicted octanol–water partition coefficient (Wildman–Crippen LogP) is 0.990. The molecule has 2 aromatic rings. The molecule has 0 unspecified atom stereocenters. The maximum absolute atomic E-state index is 11.0. The van der Waals surface area contributed by atoms with Crippen molar-refractivity contribution in [2.45, 2.75) is 0 Å². The Morgan fingerprint density at radius 2 is 2.08 bits per heavy atom. The lowest BCUT2D eigenvalue weighted by Gasteiger charge is -1.85. The highest BCUT2D eigenvalue weighted by Gasteiger charge is 1.90. The molecule has 0 aliphatic carbocycles. The van der Waals surface area contributed by atoms with Crippen LogP contribution < -0.4 is 5.56 Å². The van der Waals surface area contributed by atoms with Crippen molar-refractivity contribution >= 4 is 10.9 Å². The first-order valence-corrected chi connectivity index (χ1v) is 3.57. The molecule has 0 amide bonds. The molecular formula is C9H6N2O. The summed E-state index contributed by atoms with van der Waals surface area (Å²) in [7, 11) is 0. The van der Waals surface area contributed by atoms with Crippen LogP contribution >= 0.6 is 0 Å². The van der Waals surface area contributed by atoms with E-state index in [9.17, 15) is 4.79 Å². The van der Waals surface area contributed by atoms with Gasteiger partial charge in [0.2, 0.25) is 0 Å². The Kier molecular flexibility index (Phi) is 1.55. The van der Waals surface area contributed by atoms with E-state index in [1.165, 1.54) is 6.07 Å². The molecule has 3 nitrogen and oxygen atoms in total. The topological polar surface area (TPSA) is 42.9 Å². The van der Waals surface area contributed by atoms with Crippen LogP contribution in [-0.2, 0) is 0 Å². The van der Waals surface area contributed by atoms with E-state index in [4.69, 9.17) is 0 Å². The second-order valence-corrected chi connectivity index (χ2v) is 2.41. The Labute approximate surface area is 68.7 Å². The second-order valence-electron chi connectivity index (χ2n) is 2.41. The van der Waals surface area contributed by atoms with Crippen LogP contribution in [0.5, 0.6) is 0 Å². The van der Waals surface area contributed by atoms with E-state index in [1.807, 2.05) is 6.07 Å². The molecule has 0 radical (unpaired) electrons. The van der Waals surface area contributed by atoms with Crippen molar-refractivity contribution < 1.29 is 0 Å². The number of hydrogen-bond acceptors (Lipinski definition) is 3. The van der Waals surface area contributed by atoms with Crippen LogP contribution in [-0.4, -0.2) is 9.97 Å². The Morgan fingerprint density at radius 1 is 1.17 bits per heavy atom. The molecule has 0 N–H and O–H groups in total. The van der Waals surface area contributed by atoms with E-state index < -0.39 is 0 Å². The summed E-state index contributed by atoms with van der Waals surface area (Å²) in [5, 5.41) is 0.875. The van der Waals surface area contributed by atoms with Gasteiger partial charge in [0.15, 0.2) is 0 Å². The van der Waals surface area contributed by atoms with Gasteiger partial charge in [-0.2, -0.15) is 0 Å². The molecule has 2 heterocycles. The Bertz CT molecular complexity index is 468. The summed E-state index contributed by atoms with van der Waals surface area (Å²) in [6, 6.07) is 6.65. The predicted molar refractivity (Wildman–Crippen MR) is 45.8 cm³/mol. The fourth-order valence-corrected chi connectivity index (χ4v) is 1.02. The van der Waals surface area contributed by atoms with Gasteiger partial charge in [-0.3, -0.25) is 9.78 Å². The van der Waals surface area contributed by atoms with Crippen molar-refractivity contribution in [3.05, 3.63) is 47.0 Å². The molecule has 0 aromatic carbocycles. The molecule has 0 saturated heterocycles. The van der Waals surface area contributed by atoms with Gasteiger partial charge in [-0.05, 0) is 6.07 Å². The third kappa shape index (κ3) is 1.16. The van der Waals surface area contributed by atoms with E-state index in [0.29, 0.717) is 5.52 Å². The van der Waals surface area contributed by atoms with Crippen molar-refractivity contribution in [3.63, 3.8) is 0 Å². The minimum Gasteiger partial charge on any atom is -0.267 e. The number of nitrogens with zero attached hydrogens (tertiary/aromatic N) is 2. The Morgan fingerprint density at radius 3 is 3.00 bits per heavy atom. The number of rotatable bonds is 0. The molecule has 3 heteroatoms. The van der Waals surface area contributed by atoms with Gasteiger partial charge in [0.1, 0.15) is 0 Å². The van der Waals surface area contributed by atoms with E-state index in [1.54, 1.807) is 24.5 Å². The fourth-order valence-electron chi connectivity index (χ4n) is 1.02. The molecule has 0 spiro atoms. The van der Waals surface area contributed by atoms with Gasteiger partial charge in [-0.15, -0.1) is 0 Å². The van der Waals surface area contributed by atoms with Gasteiger partial charge in [-0.25, -0.2) is 4.98 Å². The lowest BCUT2D eigenvalue weighted by molar-refractivity contribution is 1.30. The van der Waals surface area contributed by atoms with Crippen LogP contribution in [0.25, 0.3) is 10.9 Å². The van der Waals surface area contributed by atoms with Gasteiger partial charge < -0.3 is 0 Å². The van der Waals surface area contributed by atoms with Crippen LogP contribution in [0.2, 0.25) is 0 Å². The van der Waals surface area contributed by atoms with Crippen LogP contribution in [0.4, 0.5) is 0 Å². The molecule has 0 aliphatic heterocycles. The van der Waals surface area contributed by atoms with Crippen LogP contribution in [0.3, 0.4) is 0 Å². The minimum absolute atomic E-state index is 0.226. The monoisotopic (exact) mass is 158 g/mol. The number of aromatic nitrogens is 2. The maximum atomic E-state index is 11.0. The number of fused-ring (bicyclic) bond motifs is 1. The summed E-state index contributed by atoms with van der Waals surface area (Å²) < 4.78 is 0.